The van der Waals surface area contributed by atoms with Crippen LogP contribution >= 0.6 is 0 Å². The number of rotatable bonds is 7. The number of amides is 2. The zero-order chi connectivity index (χ0) is 16.8. The van der Waals surface area contributed by atoms with Crippen molar-refractivity contribution < 1.29 is 23.9 Å². The normalized spacial score (nSPS) is 13.1. The van der Waals surface area contributed by atoms with E-state index in [1.165, 1.54) is 18.1 Å². The lowest BCUT2D eigenvalue weighted by Crippen LogP contribution is -2.40. The van der Waals surface area contributed by atoms with Gasteiger partial charge in [0.15, 0.2) is 6.61 Å². The third kappa shape index (κ3) is 5.28. The summed E-state index contributed by atoms with van der Waals surface area (Å²) in [5, 5.41) is 2.81. The Balaban J connectivity index is 1.80. The molecule has 2 rings (SSSR count). The fourth-order valence-corrected chi connectivity index (χ4v) is 1.89. The molecule has 1 aromatic rings. The van der Waals surface area contributed by atoms with Crippen LogP contribution in [0, 0.1) is 0 Å². The van der Waals surface area contributed by atoms with Crippen molar-refractivity contribution in [3.8, 4) is 5.75 Å². The van der Waals surface area contributed by atoms with Gasteiger partial charge in [0, 0.05) is 13.1 Å². The van der Waals surface area contributed by atoms with Gasteiger partial charge in [-0.3, -0.25) is 9.59 Å². The summed E-state index contributed by atoms with van der Waals surface area (Å²) in [5.41, 5.74) is 0.342. The quantitative estimate of drug-likeness (QED) is 0.743. The lowest BCUT2D eigenvalue weighted by molar-refractivity contribution is -0.136. The minimum Gasteiger partial charge on any atom is -0.484 e. The van der Waals surface area contributed by atoms with E-state index in [0.717, 1.165) is 12.8 Å². The fraction of sp³-hybridized carbons (Fsp3) is 0.438. The molecule has 0 radical (unpaired) electrons. The van der Waals surface area contributed by atoms with Gasteiger partial charge in [-0.2, -0.15) is 0 Å². The molecule has 0 atom stereocenters. The summed E-state index contributed by atoms with van der Waals surface area (Å²) in [5.74, 6) is -0.580. The zero-order valence-corrected chi connectivity index (χ0v) is 13.2. The second-order valence-corrected chi connectivity index (χ2v) is 5.40. The summed E-state index contributed by atoms with van der Waals surface area (Å²) >= 11 is 0. The second kappa shape index (κ2) is 7.62. The molecule has 7 heteroatoms. The first-order valence-electron chi connectivity index (χ1n) is 7.34. The standard InChI is InChI=1S/C16H20N2O5/c1-18(9-14(19)17-12-6-7-12)15(20)10-23-13-5-3-4-11(8-13)16(21)22-2/h3-5,8,12H,6-7,9-10H2,1-2H3,(H,17,19). The van der Waals surface area contributed by atoms with Crippen molar-refractivity contribution in [2.75, 3.05) is 27.3 Å². The predicted molar refractivity (Wildman–Crippen MR) is 82.1 cm³/mol. The van der Waals surface area contributed by atoms with Crippen molar-refractivity contribution in [2.24, 2.45) is 0 Å². The summed E-state index contributed by atoms with van der Waals surface area (Å²) in [6.45, 7) is -0.210. The van der Waals surface area contributed by atoms with Gasteiger partial charge in [-0.05, 0) is 31.0 Å². The Morgan fingerprint density at radius 3 is 2.70 bits per heavy atom. The Morgan fingerprint density at radius 1 is 1.30 bits per heavy atom. The molecular formula is C16H20N2O5. The van der Waals surface area contributed by atoms with Crippen LogP contribution < -0.4 is 10.1 Å². The first-order valence-corrected chi connectivity index (χ1v) is 7.34. The molecule has 7 nitrogen and oxygen atoms in total. The molecule has 23 heavy (non-hydrogen) atoms. The topological polar surface area (TPSA) is 84.9 Å². The maximum Gasteiger partial charge on any atom is 0.337 e. The highest BCUT2D eigenvalue weighted by atomic mass is 16.5. The average molecular weight is 320 g/mol. The molecule has 1 aromatic carbocycles. The average Bonchev–Trinajstić information content (AvgIpc) is 3.35. The highest BCUT2D eigenvalue weighted by molar-refractivity contribution is 5.89. The third-order valence-corrected chi connectivity index (χ3v) is 3.37. The van der Waals surface area contributed by atoms with E-state index in [2.05, 4.69) is 10.1 Å². The lowest BCUT2D eigenvalue weighted by Gasteiger charge is -2.17. The van der Waals surface area contributed by atoms with Crippen molar-refractivity contribution >= 4 is 17.8 Å². The monoisotopic (exact) mass is 320 g/mol. The Hall–Kier alpha value is -2.57. The molecule has 0 heterocycles. The molecule has 1 aliphatic carbocycles. The van der Waals surface area contributed by atoms with Crippen molar-refractivity contribution in [1.29, 1.82) is 0 Å². The smallest absolute Gasteiger partial charge is 0.337 e. The molecule has 0 saturated heterocycles. The number of esters is 1. The number of carbonyl (C=O) groups excluding carboxylic acids is 3. The number of methoxy groups -OCH3 is 1. The van der Waals surface area contributed by atoms with Crippen molar-refractivity contribution in [3.63, 3.8) is 0 Å². The molecule has 0 unspecified atom stereocenters. The number of nitrogens with zero attached hydrogens (tertiary/aromatic N) is 1. The van der Waals surface area contributed by atoms with Crippen LogP contribution in [0.15, 0.2) is 24.3 Å². The van der Waals surface area contributed by atoms with Gasteiger partial charge in [0.25, 0.3) is 5.91 Å². The highest BCUT2D eigenvalue weighted by Gasteiger charge is 2.24. The van der Waals surface area contributed by atoms with Gasteiger partial charge in [0.05, 0.1) is 19.2 Å². The first kappa shape index (κ1) is 16.8. The molecule has 2 amide bonds. The third-order valence-electron chi connectivity index (χ3n) is 3.37. The maximum absolute atomic E-state index is 12.0. The molecular weight excluding hydrogens is 300 g/mol. The Labute approximate surface area is 134 Å². The van der Waals surface area contributed by atoms with Crippen molar-refractivity contribution in [2.45, 2.75) is 18.9 Å². The van der Waals surface area contributed by atoms with Crippen LogP contribution in [-0.2, 0) is 14.3 Å². The summed E-state index contributed by atoms with van der Waals surface area (Å²) in [4.78, 5) is 36.3. The number of nitrogens with one attached hydrogen (secondary N) is 1. The Kier molecular flexibility index (Phi) is 5.56. The van der Waals surface area contributed by atoms with Crippen molar-refractivity contribution in [1.82, 2.24) is 10.2 Å². The minimum atomic E-state index is -0.476. The van der Waals surface area contributed by atoms with Crippen LogP contribution in [0.25, 0.3) is 0 Å². The highest BCUT2D eigenvalue weighted by Crippen LogP contribution is 2.18. The van der Waals surface area contributed by atoms with Gasteiger partial charge in [-0.15, -0.1) is 0 Å². The summed E-state index contributed by atoms with van der Waals surface area (Å²) in [6, 6.07) is 6.63. The van der Waals surface area contributed by atoms with E-state index >= 15 is 0 Å². The van der Waals surface area contributed by atoms with Crippen LogP contribution in [-0.4, -0.2) is 56.0 Å². The van der Waals surface area contributed by atoms with Crippen LogP contribution in [0.1, 0.15) is 23.2 Å². The van der Waals surface area contributed by atoms with E-state index in [-0.39, 0.29) is 31.0 Å². The lowest BCUT2D eigenvalue weighted by atomic mass is 10.2. The van der Waals surface area contributed by atoms with Crippen LogP contribution in [0.5, 0.6) is 5.75 Å². The number of ether oxygens (including phenoxy) is 2. The molecule has 0 spiro atoms. The van der Waals surface area contributed by atoms with Gasteiger partial charge < -0.3 is 19.7 Å². The van der Waals surface area contributed by atoms with Gasteiger partial charge in [-0.1, -0.05) is 6.07 Å². The number of hydrogen-bond acceptors (Lipinski definition) is 5. The second-order valence-electron chi connectivity index (χ2n) is 5.40. The fourth-order valence-electron chi connectivity index (χ4n) is 1.89. The summed E-state index contributed by atoms with van der Waals surface area (Å²) in [7, 11) is 2.84. The van der Waals surface area contributed by atoms with Crippen molar-refractivity contribution in [3.05, 3.63) is 29.8 Å². The minimum absolute atomic E-state index is 0.000887. The van der Waals surface area contributed by atoms with Crippen LogP contribution in [0.3, 0.4) is 0 Å². The number of benzene rings is 1. The summed E-state index contributed by atoms with van der Waals surface area (Å²) in [6.07, 6.45) is 2.01. The van der Waals surface area contributed by atoms with Crippen LogP contribution in [0.2, 0.25) is 0 Å². The first-order chi connectivity index (χ1) is 11.0. The van der Waals surface area contributed by atoms with E-state index in [4.69, 9.17) is 4.74 Å². The molecule has 1 fully saturated rings. The van der Waals surface area contributed by atoms with E-state index in [1.807, 2.05) is 0 Å². The summed E-state index contributed by atoms with van der Waals surface area (Å²) < 4.78 is 9.99. The molecule has 0 aromatic heterocycles. The van der Waals surface area contributed by atoms with E-state index in [1.54, 1.807) is 25.2 Å². The van der Waals surface area contributed by atoms with E-state index in [0.29, 0.717) is 11.3 Å². The van der Waals surface area contributed by atoms with Gasteiger partial charge in [-0.25, -0.2) is 4.79 Å². The Morgan fingerprint density at radius 2 is 2.04 bits per heavy atom. The molecule has 1 N–H and O–H groups in total. The molecule has 1 aliphatic rings. The maximum atomic E-state index is 12.0. The number of likely N-dealkylation sites (N-methyl/N-ethyl adjacent to an activating group) is 1. The molecule has 1 saturated carbocycles. The van der Waals surface area contributed by atoms with Gasteiger partial charge in [0.1, 0.15) is 5.75 Å². The predicted octanol–water partition coefficient (Wildman–Crippen LogP) is 0.589. The number of carbonyl (C=O) groups is 3. The molecule has 0 aliphatic heterocycles. The zero-order valence-electron chi connectivity index (χ0n) is 13.2. The SMILES string of the molecule is COC(=O)c1cccc(OCC(=O)N(C)CC(=O)NC2CC2)c1. The van der Waals surface area contributed by atoms with Crippen LogP contribution in [0.4, 0.5) is 0 Å². The Bertz CT molecular complexity index is 598. The molecule has 124 valence electrons. The van der Waals surface area contributed by atoms with Gasteiger partial charge in [0.2, 0.25) is 5.91 Å². The van der Waals surface area contributed by atoms with E-state index < -0.39 is 5.97 Å². The molecule has 0 bridgehead atoms. The van der Waals surface area contributed by atoms with E-state index in [9.17, 15) is 14.4 Å². The number of hydrogen-bond donors (Lipinski definition) is 1. The van der Waals surface area contributed by atoms with Gasteiger partial charge >= 0.3 is 5.97 Å². The largest absolute Gasteiger partial charge is 0.484 e.